The molecule has 20 heavy (non-hydrogen) atoms. The second kappa shape index (κ2) is 6.20. The smallest absolute Gasteiger partial charge is 0.257 e. The van der Waals surface area contributed by atoms with Gasteiger partial charge in [0, 0.05) is 11.3 Å². The maximum atomic E-state index is 13.7. The number of anilines is 1. The summed E-state index contributed by atoms with van der Waals surface area (Å²) >= 11 is 10.8. The number of benzene rings is 2. The number of rotatable bonds is 3. The summed E-state index contributed by atoms with van der Waals surface area (Å²) in [7, 11) is 0. The molecule has 2 rings (SSSR count). The summed E-state index contributed by atoms with van der Waals surface area (Å²) in [5.74, 6) is -1.69. The van der Waals surface area contributed by atoms with Gasteiger partial charge in [-0.1, -0.05) is 35.3 Å². The number of nitrogens with one attached hydrogen (secondary N) is 1. The summed E-state index contributed by atoms with van der Waals surface area (Å²) in [6, 6.07) is 9.47. The van der Waals surface area contributed by atoms with E-state index in [2.05, 4.69) is 5.32 Å². The summed E-state index contributed by atoms with van der Waals surface area (Å²) in [4.78, 5) is 10.2. The van der Waals surface area contributed by atoms with Crippen molar-refractivity contribution in [3.05, 3.63) is 54.1 Å². The number of carbonyl (C=O) groups is 1. The predicted molar refractivity (Wildman–Crippen MR) is 75.9 cm³/mol. The molecule has 0 aliphatic carbocycles. The summed E-state index contributed by atoms with van der Waals surface area (Å²) < 4.78 is 26.9. The first-order valence-electron chi connectivity index (χ1n) is 5.62. The molecule has 1 N–H and O–H groups in total. The van der Waals surface area contributed by atoms with Crippen molar-refractivity contribution in [3.8, 4) is 11.1 Å². The van der Waals surface area contributed by atoms with Gasteiger partial charge in [-0.2, -0.15) is 0 Å². The highest BCUT2D eigenvalue weighted by Crippen LogP contribution is 2.26. The Balaban J connectivity index is 2.34. The molecule has 0 radical (unpaired) electrons. The number of halogens is 4. The Bertz CT molecular complexity index is 647. The molecule has 0 spiro atoms. The molecule has 0 heterocycles. The van der Waals surface area contributed by atoms with Gasteiger partial charge in [-0.3, -0.25) is 4.79 Å². The van der Waals surface area contributed by atoms with Gasteiger partial charge in [0.15, 0.2) is 4.84 Å². The van der Waals surface area contributed by atoms with E-state index in [-0.39, 0.29) is 5.56 Å². The van der Waals surface area contributed by atoms with Gasteiger partial charge in [0.1, 0.15) is 11.6 Å². The fourth-order valence-corrected chi connectivity index (χ4v) is 1.79. The van der Waals surface area contributed by atoms with Crippen LogP contribution in [0.5, 0.6) is 0 Å². The molecule has 0 aliphatic rings. The number of hydrogen-bond acceptors (Lipinski definition) is 1. The predicted octanol–water partition coefficient (Wildman–Crippen LogP) is 4.37. The summed E-state index contributed by atoms with van der Waals surface area (Å²) in [5, 5.41) is 2.47. The minimum absolute atomic E-state index is 0.106. The molecular weight excluding hydrogens is 307 g/mol. The first-order valence-corrected chi connectivity index (χ1v) is 6.49. The molecule has 0 fully saturated rings. The fourth-order valence-electron chi connectivity index (χ4n) is 1.68. The maximum Gasteiger partial charge on any atom is 0.257 e. The van der Waals surface area contributed by atoms with E-state index >= 15 is 0 Å². The van der Waals surface area contributed by atoms with Crippen LogP contribution >= 0.6 is 23.2 Å². The lowest BCUT2D eigenvalue weighted by atomic mass is 10.0. The van der Waals surface area contributed by atoms with Crippen molar-refractivity contribution < 1.29 is 13.6 Å². The zero-order valence-electron chi connectivity index (χ0n) is 10.0. The minimum atomic E-state index is -1.20. The van der Waals surface area contributed by atoms with Gasteiger partial charge in [-0.15, -0.1) is 0 Å². The van der Waals surface area contributed by atoms with E-state index in [1.807, 2.05) is 0 Å². The van der Waals surface area contributed by atoms with E-state index in [1.54, 1.807) is 18.2 Å². The zero-order chi connectivity index (χ0) is 14.7. The lowest BCUT2D eigenvalue weighted by Crippen LogP contribution is -2.18. The highest BCUT2D eigenvalue weighted by atomic mass is 35.5. The van der Waals surface area contributed by atoms with Crippen molar-refractivity contribution in [3.63, 3.8) is 0 Å². The molecule has 0 bridgehead atoms. The Hall–Kier alpha value is -1.65. The molecule has 104 valence electrons. The van der Waals surface area contributed by atoms with Crippen molar-refractivity contribution in [2.75, 3.05) is 5.32 Å². The van der Waals surface area contributed by atoms with E-state index < -0.39 is 22.4 Å². The van der Waals surface area contributed by atoms with E-state index in [0.29, 0.717) is 11.3 Å². The Morgan fingerprint density at radius 1 is 1.10 bits per heavy atom. The van der Waals surface area contributed by atoms with Crippen LogP contribution in [-0.2, 0) is 4.79 Å². The SMILES string of the molecule is O=C(Nc1cccc(-c2cc(F)ccc2F)c1)C(Cl)Cl. The molecule has 6 heteroatoms. The van der Waals surface area contributed by atoms with Gasteiger partial charge < -0.3 is 5.32 Å². The molecule has 1 amide bonds. The number of carbonyl (C=O) groups excluding carboxylic acids is 1. The second-order valence-electron chi connectivity index (χ2n) is 3.99. The van der Waals surface area contributed by atoms with E-state index in [0.717, 1.165) is 18.2 Å². The van der Waals surface area contributed by atoms with Crippen molar-refractivity contribution in [2.45, 2.75) is 4.84 Å². The lowest BCUT2D eigenvalue weighted by Gasteiger charge is -2.08. The van der Waals surface area contributed by atoms with Gasteiger partial charge in [0.2, 0.25) is 0 Å². The second-order valence-corrected chi connectivity index (χ2v) is 5.09. The molecule has 0 saturated heterocycles. The molecule has 0 aromatic heterocycles. The largest absolute Gasteiger partial charge is 0.324 e. The van der Waals surface area contributed by atoms with Gasteiger partial charge in [-0.05, 0) is 35.9 Å². The molecule has 0 aliphatic heterocycles. The highest BCUT2D eigenvalue weighted by Gasteiger charge is 2.12. The fraction of sp³-hybridized carbons (Fsp3) is 0.0714. The van der Waals surface area contributed by atoms with Gasteiger partial charge >= 0.3 is 0 Å². The Morgan fingerprint density at radius 2 is 1.85 bits per heavy atom. The van der Waals surface area contributed by atoms with Crippen molar-refractivity contribution in [1.29, 1.82) is 0 Å². The highest BCUT2D eigenvalue weighted by molar-refractivity contribution is 6.54. The van der Waals surface area contributed by atoms with Crippen LogP contribution < -0.4 is 5.32 Å². The lowest BCUT2D eigenvalue weighted by molar-refractivity contribution is -0.114. The third-order valence-corrected chi connectivity index (χ3v) is 2.96. The molecule has 0 saturated carbocycles. The number of amides is 1. The molecule has 2 aromatic rings. The van der Waals surface area contributed by atoms with Crippen LogP contribution in [0.25, 0.3) is 11.1 Å². The van der Waals surface area contributed by atoms with Crippen LogP contribution in [0.3, 0.4) is 0 Å². The monoisotopic (exact) mass is 315 g/mol. The van der Waals surface area contributed by atoms with Crippen LogP contribution in [0.2, 0.25) is 0 Å². The normalized spacial score (nSPS) is 10.7. The number of alkyl halides is 2. The first kappa shape index (κ1) is 14.8. The van der Waals surface area contributed by atoms with Crippen molar-refractivity contribution in [1.82, 2.24) is 0 Å². The van der Waals surface area contributed by atoms with Gasteiger partial charge in [-0.25, -0.2) is 8.78 Å². The van der Waals surface area contributed by atoms with E-state index in [9.17, 15) is 13.6 Å². The summed E-state index contributed by atoms with van der Waals surface area (Å²) in [6.07, 6.45) is 0. The van der Waals surface area contributed by atoms with Crippen molar-refractivity contribution >= 4 is 34.8 Å². The van der Waals surface area contributed by atoms with E-state index in [4.69, 9.17) is 23.2 Å². The Kier molecular flexibility index (Phi) is 4.57. The molecular formula is C14H9Cl2F2NO. The van der Waals surface area contributed by atoms with Crippen LogP contribution in [0, 0.1) is 11.6 Å². The standard InChI is InChI=1S/C14H9Cl2F2NO/c15-13(16)14(20)19-10-3-1-2-8(6-10)11-7-9(17)4-5-12(11)18/h1-7,13H,(H,19,20). The third kappa shape index (κ3) is 3.46. The first-order chi connectivity index (χ1) is 9.47. The van der Waals surface area contributed by atoms with Crippen LogP contribution in [-0.4, -0.2) is 10.7 Å². The molecule has 0 unspecified atom stereocenters. The zero-order valence-corrected chi connectivity index (χ0v) is 11.6. The van der Waals surface area contributed by atoms with Crippen molar-refractivity contribution in [2.24, 2.45) is 0 Å². The molecule has 0 atom stereocenters. The average Bonchev–Trinajstić information content (AvgIpc) is 2.41. The van der Waals surface area contributed by atoms with Gasteiger partial charge in [0.05, 0.1) is 0 Å². The number of hydrogen-bond donors (Lipinski definition) is 1. The summed E-state index contributed by atoms with van der Waals surface area (Å²) in [6.45, 7) is 0. The van der Waals surface area contributed by atoms with E-state index in [1.165, 1.54) is 6.07 Å². The minimum Gasteiger partial charge on any atom is -0.324 e. The Labute approximate surface area is 124 Å². The average molecular weight is 316 g/mol. The van der Waals surface area contributed by atoms with Gasteiger partial charge in [0.25, 0.3) is 5.91 Å². The quantitative estimate of drug-likeness (QED) is 0.837. The van der Waals surface area contributed by atoms with Crippen LogP contribution in [0.1, 0.15) is 0 Å². The van der Waals surface area contributed by atoms with Crippen LogP contribution in [0.4, 0.5) is 14.5 Å². The topological polar surface area (TPSA) is 29.1 Å². The molecule has 2 aromatic carbocycles. The third-order valence-electron chi connectivity index (χ3n) is 2.57. The van der Waals surface area contributed by atoms with Crippen LogP contribution in [0.15, 0.2) is 42.5 Å². The maximum absolute atomic E-state index is 13.7. The Morgan fingerprint density at radius 3 is 2.55 bits per heavy atom. The molecule has 2 nitrogen and oxygen atoms in total. The summed E-state index contributed by atoms with van der Waals surface area (Å²) in [5.41, 5.74) is 0.928.